The molecule has 2 aromatic rings. The van der Waals surface area contributed by atoms with Gasteiger partial charge in [0, 0.05) is 36.8 Å². The number of hydrogen-bond acceptors (Lipinski definition) is 4. The highest BCUT2D eigenvalue weighted by atomic mass is 35.5. The number of halogens is 1. The van der Waals surface area contributed by atoms with Crippen LogP contribution in [0.2, 0.25) is 5.15 Å². The molecule has 0 radical (unpaired) electrons. The quantitative estimate of drug-likeness (QED) is 0.404. The predicted octanol–water partition coefficient (Wildman–Crippen LogP) is 1.75. The summed E-state index contributed by atoms with van der Waals surface area (Å²) in [6, 6.07) is 4.47. The Morgan fingerprint density at radius 2 is 2.05 bits per heavy atom. The number of nitrogen functional groups attached to an aromatic ring is 1. The summed E-state index contributed by atoms with van der Waals surface area (Å²) < 4.78 is 28.1. The minimum absolute atomic E-state index is 0.00917. The molecule has 2 N–H and O–H groups in total. The van der Waals surface area contributed by atoms with E-state index in [9.17, 15) is 8.42 Å². The summed E-state index contributed by atoms with van der Waals surface area (Å²) in [5.74, 6) is 0. The third kappa shape index (κ3) is 3.00. The molecule has 1 aromatic carbocycles. The van der Waals surface area contributed by atoms with Gasteiger partial charge in [-0.15, -0.1) is 4.40 Å². The van der Waals surface area contributed by atoms with E-state index < -0.39 is 10.0 Å². The lowest BCUT2D eigenvalue weighted by atomic mass is 10.1. The Bertz CT molecular complexity index is 787. The van der Waals surface area contributed by atoms with E-state index >= 15 is 0 Å². The second-order valence-corrected chi connectivity index (χ2v) is 6.39. The van der Waals surface area contributed by atoms with Crippen molar-refractivity contribution in [3.8, 4) is 0 Å². The second kappa shape index (κ2) is 5.26. The third-order valence-electron chi connectivity index (χ3n) is 2.48. The van der Waals surface area contributed by atoms with Crippen LogP contribution < -0.4 is 5.73 Å². The molecule has 0 aliphatic carbocycles. The highest BCUT2D eigenvalue weighted by molar-refractivity contribution is 7.90. The average molecular weight is 313 g/mol. The average Bonchev–Trinajstić information content (AvgIpc) is 2.36. The molecule has 0 saturated carbocycles. The number of nitrogens with zero attached hydrogens (tertiary/aromatic N) is 3. The van der Waals surface area contributed by atoms with Gasteiger partial charge in [-0.1, -0.05) is 11.6 Å². The lowest BCUT2D eigenvalue weighted by molar-refractivity contribution is 0.595. The Balaban J connectivity index is 2.73. The maximum atomic E-state index is 12.3. The maximum Gasteiger partial charge on any atom is 0.284 e. The molecule has 2 rings (SSSR count). The van der Waals surface area contributed by atoms with Gasteiger partial charge in [0.2, 0.25) is 0 Å². The largest absolute Gasteiger partial charge is 0.399 e. The second-order valence-electron chi connectivity index (χ2n) is 4.41. The number of rotatable bonds is 3. The van der Waals surface area contributed by atoms with Crippen LogP contribution >= 0.6 is 11.6 Å². The molecule has 0 saturated heterocycles. The highest BCUT2D eigenvalue weighted by Gasteiger charge is 2.17. The summed E-state index contributed by atoms with van der Waals surface area (Å²) in [5, 5.41) is 1.23. The van der Waals surface area contributed by atoms with E-state index in [0.717, 1.165) is 0 Å². The van der Waals surface area contributed by atoms with Gasteiger partial charge in [-0.25, -0.2) is 4.98 Å². The molecule has 0 aliphatic heterocycles. The van der Waals surface area contributed by atoms with Crippen molar-refractivity contribution < 1.29 is 8.42 Å². The number of hydrogen-bond donors (Lipinski definition) is 1. The first-order chi connectivity index (χ1) is 9.29. The van der Waals surface area contributed by atoms with Crippen LogP contribution in [-0.2, 0) is 10.0 Å². The summed E-state index contributed by atoms with van der Waals surface area (Å²) in [6.45, 7) is 0. The molecule has 1 heterocycles. The zero-order valence-corrected chi connectivity index (χ0v) is 12.5. The van der Waals surface area contributed by atoms with Crippen molar-refractivity contribution in [3.05, 3.63) is 29.5 Å². The van der Waals surface area contributed by atoms with Gasteiger partial charge >= 0.3 is 0 Å². The van der Waals surface area contributed by atoms with Crippen molar-refractivity contribution in [3.63, 3.8) is 0 Å². The number of pyridine rings is 1. The van der Waals surface area contributed by atoms with Gasteiger partial charge in [-0.2, -0.15) is 8.42 Å². The van der Waals surface area contributed by atoms with Gasteiger partial charge in [0.25, 0.3) is 10.0 Å². The first-order valence-corrected chi connectivity index (χ1v) is 7.43. The van der Waals surface area contributed by atoms with E-state index in [1.807, 2.05) is 0 Å². The molecule has 106 valence electrons. The summed E-state index contributed by atoms with van der Waals surface area (Å²) in [4.78, 5) is 5.45. The van der Waals surface area contributed by atoms with Crippen molar-refractivity contribution in [2.24, 2.45) is 4.40 Å². The standard InChI is InChI=1S/C12H13ClN4O2S/c1-17(2)7-16-20(18,19)11-4-9(14)3-8-6-15-12(13)5-10(8)11/h3-7H,14H2,1-2H3. The summed E-state index contributed by atoms with van der Waals surface area (Å²) in [6.07, 6.45) is 2.69. The lowest BCUT2D eigenvalue weighted by Crippen LogP contribution is -2.10. The van der Waals surface area contributed by atoms with Crippen molar-refractivity contribution >= 4 is 44.4 Å². The fourth-order valence-electron chi connectivity index (χ4n) is 1.65. The molecule has 1 aromatic heterocycles. The maximum absolute atomic E-state index is 12.3. The number of anilines is 1. The zero-order valence-electron chi connectivity index (χ0n) is 10.9. The molecular weight excluding hydrogens is 300 g/mol. The van der Waals surface area contributed by atoms with Gasteiger partial charge in [0.05, 0.1) is 4.90 Å². The number of aromatic nitrogens is 1. The Morgan fingerprint density at radius 1 is 1.35 bits per heavy atom. The van der Waals surface area contributed by atoms with E-state index in [-0.39, 0.29) is 10.0 Å². The molecule has 0 spiro atoms. The van der Waals surface area contributed by atoms with Crippen LogP contribution in [0.25, 0.3) is 10.8 Å². The van der Waals surface area contributed by atoms with Crippen LogP contribution in [-0.4, -0.2) is 38.7 Å². The normalized spacial score (nSPS) is 12.2. The van der Waals surface area contributed by atoms with Crippen LogP contribution in [0.5, 0.6) is 0 Å². The Hall–Kier alpha value is -1.86. The number of fused-ring (bicyclic) bond motifs is 1. The molecule has 0 aliphatic rings. The molecule has 0 unspecified atom stereocenters. The molecule has 6 nitrogen and oxygen atoms in total. The van der Waals surface area contributed by atoms with Crippen LogP contribution in [0.3, 0.4) is 0 Å². The molecule has 8 heteroatoms. The van der Waals surface area contributed by atoms with Gasteiger partial charge in [-0.3, -0.25) is 0 Å². The SMILES string of the molecule is CN(C)C=NS(=O)(=O)c1cc(N)cc2cnc(Cl)cc12. The lowest BCUT2D eigenvalue weighted by Gasteiger charge is -2.08. The minimum Gasteiger partial charge on any atom is -0.399 e. The molecule has 0 amide bonds. The zero-order chi connectivity index (χ0) is 14.9. The smallest absolute Gasteiger partial charge is 0.284 e. The van der Waals surface area contributed by atoms with Gasteiger partial charge in [-0.05, 0) is 18.2 Å². The number of benzene rings is 1. The van der Waals surface area contributed by atoms with Crippen molar-refractivity contribution in [1.29, 1.82) is 0 Å². The van der Waals surface area contributed by atoms with Gasteiger partial charge in [0.15, 0.2) is 0 Å². The third-order valence-corrected chi connectivity index (χ3v) is 3.95. The van der Waals surface area contributed by atoms with Crippen LogP contribution in [0.1, 0.15) is 0 Å². The van der Waals surface area contributed by atoms with E-state index in [1.165, 1.54) is 29.6 Å². The fourth-order valence-corrected chi connectivity index (χ4v) is 2.97. The topological polar surface area (TPSA) is 88.7 Å². The van der Waals surface area contributed by atoms with Crippen LogP contribution in [0, 0.1) is 0 Å². The molecule has 20 heavy (non-hydrogen) atoms. The Kier molecular flexibility index (Phi) is 3.82. The molecular formula is C12H13ClN4O2S. The Morgan fingerprint density at radius 3 is 2.70 bits per heavy atom. The van der Waals surface area contributed by atoms with E-state index in [4.69, 9.17) is 17.3 Å². The number of sulfonamides is 1. The Labute approximate surface area is 121 Å². The first-order valence-electron chi connectivity index (χ1n) is 5.61. The molecule has 0 fully saturated rings. The van der Waals surface area contributed by atoms with Gasteiger partial charge < -0.3 is 10.6 Å². The molecule has 0 atom stereocenters. The van der Waals surface area contributed by atoms with Crippen molar-refractivity contribution in [2.45, 2.75) is 4.90 Å². The van der Waals surface area contributed by atoms with Crippen molar-refractivity contribution in [1.82, 2.24) is 9.88 Å². The van der Waals surface area contributed by atoms with E-state index in [1.54, 1.807) is 20.2 Å². The van der Waals surface area contributed by atoms with Crippen LogP contribution in [0.4, 0.5) is 5.69 Å². The summed E-state index contributed by atoms with van der Waals surface area (Å²) in [5.41, 5.74) is 6.05. The summed E-state index contributed by atoms with van der Waals surface area (Å²) in [7, 11) is -0.504. The predicted molar refractivity (Wildman–Crippen MR) is 80.5 cm³/mol. The first kappa shape index (κ1) is 14.5. The summed E-state index contributed by atoms with van der Waals surface area (Å²) >= 11 is 5.82. The molecule has 0 bridgehead atoms. The minimum atomic E-state index is -3.86. The monoisotopic (exact) mass is 312 g/mol. The van der Waals surface area contributed by atoms with E-state index in [2.05, 4.69) is 9.38 Å². The fraction of sp³-hybridized carbons (Fsp3) is 0.167. The van der Waals surface area contributed by atoms with Crippen LogP contribution in [0.15, 0.2) is 33.7 Å². The van der Waals surface area contributed by atoms with Crippen molar-refractivity contribution in [2.75, 3.05) is 19.8 Å². The van der Waals surface area contributed by atoms with E-state index in [0.29, 0.717) is 16.5 Å². The number of nitrogens with two attached hydrogens (primary N) is 1. The van der Waals surface area contributed by atoms with Gasteiger partial charge in [0.1, 0.15) is 11.5 Å². The highest BCUT2D eigenvalue weighted by Crippen LogP contribution is 2.28.